The molecule has 0 atom stereocenters. The highest BCUT2D eigenvalue weighted by atomic mass is 79.9. The first kappa shape index (κ1) is 26.9. The van der Waals surface area contributed by atoms with Gasteiger partial charge in [0, 0.05) is 42.0 Å². The molecular formula is C30H29BrN2O5. The lowest BCUT2D eigenvalue weighted by molar-refractivity contribution is 0.104. The molecule has 7 nitrogen and oxygen atoms in total. The number of nitrogens with zero attached hydrogens (tertiary/aromatic N) is 1. The molecule has 1 N–H and O–H groups in total. The molecular weight excluding hydrogens is 548 g/mol. The molecule has 196 valence electrons. The van der Waals surface area contributed by atoms with Crippen molar-refractivity contribution in [3.63, 3.8) is 0 Å². The number of halogens is 1. The Bertz CT molecular complexity index is 1510. The monoisotopic (exact) mass is 576 g/mol. The van der Waals surface area contributed by atoms with E-state index in [1.807, 2.05) is 78.5 Å². The number of rotatable bonds is 10. The van der Waals surface area contributed by atoms with Crippen LogP contribution in [0.5, 0.6) is 23.0 Å². The Labute approximate surface area is 230 Å². The number of hydrogen-bond acceptors (Lipinski definition) is 6. The lowest BCUT2D eigenvalue weighted by atomic mass is 10.1. The minimum Gasteiger partial charge on any atom is -0.493 e. The highest BCUT2D eigenvalue weighted by molar-refractivity contribution is 9.10. The van der Waals surface area contributed by atoms with Gasteiger partial charge in [-0.3, -0.25) is 4.79 Å². The van der Waals surface area contributed by atoms with Crippen LogP contribution in [0.3, 0.4) is 0 Å². The number of aryl methyl sites for hydroxylation is 1. The quantitative estimate of drug-likeness (QED) is 0.125. The smallest absolute Gasteiger partial charge is 0.203 e. The molecule has 0 fully saturated rings. The zero-order valence-corrected chi connectivity index (χ0v) is 23.5. The van der Waals surface area contributed by atoms with Gasteiger partial charge in [-0.1, -0.05) is 30.4 Å². The van der Waals surface area contributed by atoms with Crippen LogP contribution < -0.4 is 24.3 Å². The molecule has 4 rings (SSSR count). The molecule has 1 heterocycles. The SMILES string of the molecule is COc1cc(/C=C/c2cc(Br)c(OC)c(N/C=C\C(=O)c3cn(C)c4ccccc34)c2)cc(OC)c1OC. The molecule has 4 aromatic rings. The average Bonchev–Trinajstić information content (AvgIpc) is 3.27. The number of nitrogens with one attached hydrogen (secondary N) is 1. The molecule has 0 radical (unpaired) electrons. The number of fused-ring (bicyclic) bond motifs is 1. The van der Waals surface area contributed by atoms with Crippen molar-refractivity contribution in [1.82, 2.24) is 4.57 Å². The van der Waals surface area contributed by atoms with Crippen molar-refractivity contribution in [3.8, 4) is 23.0 Å². The van der Waals surface area contributed by atoms with E-state index in [2.05, 4.69) is 21.2 Å². The summed E-state index contributed by atoms with van der Waals surface area (Å²) >= 11 is 3.59. The fraction of sp³-hybridized carbons (Fsp3) is 0.167. The summed E-state index contributed by atoms with van der Waals surface area (Å²) in [4.78, 5) is 12.9. The van der Waals surface area contributed by atoms with E-state index in [0.29, 0.717) is 34.2 Å². The molecule has 0 aliphatic heterocycles. The summed E-state index contributed by atoms with van der Waals surface area (Å²) in [6.07, 6.45) is 8.90. The number of para-hydroxylation sites is 1. The highest BCUT2D eigenvalue weighted by Crippen LogP contribution is 2.39. The van der Waals surface area contributed by atoms with E-state index in [1.165, 1.54) is 6.08 Å². The van der Waals surface area contributed by atoms with Gasteiger partial charge in [-0.25, -0.2) is 0 Å². The van der Waals surface area contributed by atoms with Gasteiger partial charge in [0.05, 0.1) is 38.6 Å². The van der Waals surface area contributed by atoms with Crippen LogP contribution in [-0.4, -0.2) is 38.8 Å². The molecule has 0 amide bonds. The van der Waals surface area contributed by atoms with Crippen LogP contribution in [0, 0.1) is 0 Å². The summed E-state index contributed by atoms with van der Waals surface area (Å²) in [5, 5.41) is 4.12. The second-order valence-corrected chi connectivity index (χ2v) is 9.24. The van der Waals surface area contributed by atoms with Gasteiger partial charge in [-0.2, -0.15) is 0 Å². The molecule has 0 bridgehead atoms. The Balaban J connectivity index is 1.58. The maximum absolute atomic E-state index is 12.9. The maximum atomic E-state index is 12.9. The topological polar surface area (TPSA) is 71.0 Å². The molecule has 0 saturated heterocycles. The fourth-order valence-corrected chi connectivity index (χ4v) is 4.89. The fourth-order valence-electron chi connectivity index (χ4n) is 4.25. The van der Waals surface area contributed by atoms with Crippen LogP contribution in [0.25, 0.3) is 23.1 Å². The van der Waals surface area contributed by atoms with Gasteiger partial charge in [-0.05, 0) is 57.4 Å². The first-order chi connectivity index (χ1) is 18.4. The Morgan fingerprint density at radius 1 is 0.868 bits per heavy atom. The van der Waals surface area contributed by atoms with Gasteiger partial charge in [0.1, 0.15) is 0 Å². The van der Waals surface area contributed by atoms with Crippen LogP contribution >= 0.6 is 15.9 Å². The summed E-state index contributed by atoms with van der Waals surface area (Å²) in [7, 11) is 8.27. The Hall–Kier alpha value is -4.17. The molecule has 8 heteroatoms. The number of aromatic nitrogens is 1. The lowest BCUT2D eigenvalue weighted by Gasteiger charge is -2.13. The Kier molecular flexibility index (Phi) is 8.43. The van der Waals surface area contributed by atoms with Gasteiger partial charge in [0.25, 0.3) is 0 Å². The second-order valence-electron chi connectivity index (χ2n) is 8.39. The van der Waals surface area contributed by atoms with E-state index < -0.39 is 0 Å². The van der Waals surface area contributed by atoms with Crippen molar-refractivity contribution in [2.24, 2.45) is 7.05 Å². The summed E-state index contributed by atoms with van der Waals surface area (Å²) in [6, 6.07) is 15.5. The van der Waals surface area contributed by atoms with Gasteiger partial charge >= 0.3 is 0 Å². The van der Waals surface area contributed by atoms with E-state index in [4.69, 9.17) is 18.9 Å². The molecule has 38 heavy (non-hydrogen) atoms. The zero-order chi connectivity index (χ0) is 27.2. The number of carbonyl (C=O) groups is 1. The summed E-state index contributed by atoms with van der Waals surface area (Å²) in [5.74, 6) is 2.22. The highest BCUT2D eigenvalue weighted by Gasteiger charge is 2.14. The number of hydrogen-bond donors (Lipinski definition) is 1. The van der Waals surface area contributed by atoms with Gasteiger partial charge in [0.2, 0.25) is 5.75 Å². The standard InChI is InChI=1S/C30H29BrN2O5/c1-33-18-22(21-8-6-7-9-25(21)33)26(34)12-13-32-24-15-19(14-23(31)29(24)37-4)10-11-20-16-27(35-2)30(38-5)28(17-20)36-3/h6-18,32H,1-5H3/b11-10+,13-12-. The predicted octanol–water partition coefficient (Wildman–Crippen LogP) is 6.95. The van der Waals surface area contributed by atoms with Crippen molar-refractivity contribution in [2.45, 2.75) is 0 Å². The molecule has 0 spiro atoms. The number of ketones is 1. The van der Waals surface area contributed by atoms with E-state index in [1.54, 1.807) is 34.6 Å². The third-order valence-corrected chi connectivity index (χ3v) is 6.65. The molecule has 3 aromatic carbocycles. The number of anilines is 1. The third-order valence-electron chi connectivity index (χ3n) is 6.06. The first-order valence-electron chi connectivity index (χ1n) is 11.8. The van der Waals surface area contributed by atoms with Crippen molar-refractivity contribution < 1.29 is 23.7 Å². The van der Waals surface area contributed by atoms with Crippen LogP contribution in [0.1, 0.15) is 21.5 Å². The third kappa shape index (κ3) is 5.55. The van der Waals surface area contributed by atoms with E-state index in [-0.39, 0.29) is 5.78 Å². The van der Waals surface area contributed by atoms with Gasteiger partial charge in [-0.15, -0.1) is 0 Å². The van der Waals surface area contributed by atoms with E-state index >= 15 is 0 Å². The van der Waals surface area contributed by atoms with Gasteiger partial charge < -0.3 is 28.8 Å². The first-order valence-corrected chi connectivity index (χ1v) is 12.6. The minimum absolute atomic E-state index is 0.0919. The molecule has 0 saturated carbocycles. The summed E-state index contributed by atoms with van der Waals surface area (Å²) in [5.41, 5.74) is 4.14. The van der Waals surface area contributed by atoms with Crippen molar-refractivity contribution in [1.29, 1.82) is 0 Å². The maximum Gasteiger partial charge on any atom is 0.203 e. The molecule has 0 unspecified atom stereocenters. The van der Waals surface area contributed by atoms with Crippen molar-refractivity contribution >= 4 is 50.5 Å². The second kappa shape index (κ2) is 11.9. The average molecular weight is 577 g/mol. The van der Waals surface area contributed by atoms with Crippen molar-refractivity contribution in [2.75, 3.05) is 33.8 Å². The lowest BCUT2D eigenvalue weighted by Crippen LogP contribution is -1.98. The van der Waals surface area contributed by atoms with Crippen LogP contribution in [0.15, 0.2) is 71.5 Å². The molecule has 0 aliphatic rings. The van der Waals surface area contributed by atoms with Crippen LogP contribution in [0.4, 0.5) is 5.69 Å². The van der Waals surface area contributed by atoms with Crippen LogP contribution in [0.2, 0.25) is 0 Å². The Morgan fingerprint density at radius 3 is 2.13 bits per heavy atom. The summed E-state index contributed by atoms with van der Waals surface area (Å²) in [6.45, 7) is 0. The number of ether oxygens (including phenoxy) is 4. The summed E-state index contributed by atoms with van der Waals surface area (Å²) < 4.78 is 24.6. The van der Waals surface area contributed by atoms with E-state index in [9.17, 15) is 4.79 Å². The number of allylic oxidation sites excluding steroid dienone is 1. The minimum atomic E-state index is -0.0919. The van der Waals surface area contributed by atoms with Gasteiger partial charge in [0.15, 0.2) is 23.0 Å². The normalized spacial score (nSPS) is 11.3. The molecule has 1 aromatic heterocycles. The number of methoxy groups -OCH3 is 4. The predicted molar refractivity (Wildman–Crippen MR) is 156 cm³/mol. The zero-order valence-electron chi connectivity index (χ0n) is 21.9. The van der Waals surface area contributed by atoms with Crippen molar-refractivity contribution in [3.05, 3.63) is 88.2 Å². The van der Waals surface area contributed by atoms with E-state index in [0.717, 1.165) is 26.5 Å². The largest absolute Gasteiger partial charge is 0.493 e. The number of benzene rings is 3. The number of carbonyl (C=O) groups excluding carboxylic acids is 1. The van der Waals surface area contributed by atoms with Crippen LogP contribution in [-0.2, 0) is 7.05 Å². The molecule has 0 aliphatic carbocycles. The Morgan fingerprint density at radius 2 is 1.50 bits per heavy atom.